The fourth-order valence-corrected chi connectivity index (χ4v) is 2.69. The molecule has 1 saturated carbocycles. The highest BCUT2D eigenvalue weighted by Gasteiger charge is 2.14. The van der Waals surface area contributed by atoms with Gasteiger partial charge in [-0.05, 0) is 18.8 Å². The number of nitrogens with one attached hydrogen (secondary N) is 1. The zero-order valence-electron chi connectivity index (χ0n) is 10.4. The van der Waals surface area contributed by atoms with E-state index < -0.39 is 0 Å². The lowest BCUT2D eigenvalue weighted by Gasteiger charge is -2.10. The molecule has 4 nitrogen and oxygen atoms in total. The lowest BCUT2D eigenvalue weighted by molar-refractivity contribution is 0.112. The van der Waals surface area contributed by atoms with Crippen LogP contribution in [0.3, 0.4) is 0 Å². The zero-order chi connectivity index (χ0) is 12.8. The van der Waals surface area contributed by atoms with E-state index in [9.17, 15) is 4.79 Å². The van der Waals surface area contributed by atoms with E-state index in [2.05, 4.69) is 15.3 Å². The molecule has 0 spiro atoms. The summed E-state index contributed by atoms with van der Waals surface area (Å²) in [5.41, 5.74) is 0.347. The van der Waals surface area contributed by atoms with E-state index in [1.165, 1.54) is 38.4 Å². The quantitative estimate of drug-likeness (QED) is 0.488. The fourth-order valence-electron chi connectivity index (χ4n) is 2.52. The van der Waals surface area contributed by atoms with Crippen molar-refractivity contribution in [1.29, 1.82) is 0 Å². The third kappa shape index (κ3) is 3.42. The monoisotopic (exact) mass is 267 g/mol. The summed E-state index contributed by atoms with van der Waals surface area (Å²) in [5.74, 6) is 1.43. The van der Waals surface area contributed by atoms with Crippen LogP contribution in [0.15, 0.2) is 6.33 Å². The molecule has 98 valence electrons. The second kappa shape index (κ2) is 6.69. The Morgan fingerprint density at radius 3 is 2.89 bits per heavy atom. The molecular weight excluding hydrogens is 250 g/mol. The van der Waals surface area contributed by atoms with Crippen LogP contribution >= 0.6 is 11.6 Å². The van der Waals surface area contributed by atoms with Gasteiger partial charge in [-0.25, -0.2) is 9.97 Å². The fraction of sp³-hybridized carbons (Fsp3) is 0.615. The Labute approximate surface area is 112 Å². The lowest BCUT2D eigenvalue weighted by atomic mass is 10.0. The van der Waals surface area contributed by atoms with Crippen LogP contribution in [0.2, 0.25) is 5.15 Å². The topological polar surface area (TPSA) is 54.9 Å². The van der Waals surface area contributed by atoms with Gasteiger partial charge >= 0.3 is 0 Å². The molecule has 0 bridgehead atoms. The Kier molecular flexibility index (Phi) is 4.93. The summed E-state index contributed by atoms with van der Waals surface area (Å²) in [7, 11) is 0. The maximum Gasteiger partial charge on any atom is 0.156 e. The van der Waals surface area contributed by atoms with Gasteiger partial charge in [-0.3, -0.25) is 4.79 Å². The molecule has 1 N–H and O–H groups in total. The van der Waals surface area contributed by atoms with Crippen molar-refractivity contribution in [2.75, 3.05) is 11.9 Å². The number of aromatic nitrogens is 2. The maximum atomic E-state index is 10.9. The minimum Gasteiger partial charge on any atom is -0.369 e. The Morgan fingerprint density at radius 2 is 2.17 bits per heavy atom. The number of anilines is 1. The highest BCUT2D eigenvalue weighted by molar-refractivity contribution is 6.32. The first-order valence-corrected chi connectivity index (χ1v) is 6.88. The summed E-state index contributed by atoms with van der Waals surface area (Å²) in [6, 6.07) is 0. The van der Waals surface area contributed by atoms with Crippen molar-refractivity contribution < 1.29 is 4.79 Å². The first-order chi connectivity index (χ1) is 8.81. The third-order valence-corrected chi connectivity index (χ3v) is 3.81. The summed E-state index contributed by atoms with van der Waals surface area (Å²) in [6.07, 6.45) is 9.94. The molecule has 1 heterocycles. The van der Waals surface area contributed by atoms with E-state index in [-0.39, 0.29) is 5.15 Å². The zero-order valence-corrected chi connectivity index (χ0v) is 11.1. The first kappa shape index (κ1) is 13.3. The molecule has 0 aromatic carbocycles. The molecule has 0 unspecified atom stereocenters. The van der Waals surface area contributed by atoms with Crippen LogP contribution in [0, 0.1) is 5.92 Å². The summed E-state index contributed by atoms with van der Waals surface area (Å²) < 4.78 is 0. The number of hydrogen-bond acceptors (Lipinski definition) is 4. The Balaban J connectivity index is 1.79. The molecule has 1 fully saturated rings. The van der Waals surface area contributed by atoms with Gasteiger partial charge < -0.3 is 5.32 Å². The van der Waals surface area contributed by atoms with E-state index in [0.29, 0.717) is 17.7 Å². The third-order valence-electron chi connectivity index (χ3n) is 3.51. The number of aldehydes is 1. The summed E-state index contributed by atoms with van der Waals surface area (Å²) in [5, 5.41) is 3.37. The van der Waals surface area contributed by atoms with Gasteiger partial charge in [-0.2, -0.15) is 0 Å². The van der Waals surface area contributed by atoms with Crippen LogP contribution in [-0.4, -0.2) is 22.8 Å². The number of nitrogens with zero attached hydrogens (tertiary/aromatic N) is 2. The van der Waals surface area contributed by atoms with E-state index in [0.717, 1.165) is 18.9 Å². The highest BCUT2D eigenvalue weighted by Crippen LogP contribution is 2.28. The highest BCUT2D eigenvalue weighted by atomic mass is 35.5. The van der Waals surface area contributed by atoms with Crippen molar-refractivity contribution in [3.63, 3.8) is 0 Å². The Bertz CT molecular complexity index is 405. The van der Waals surface area contributed by atoms with Gasteiger partial charge in [-0.15, -0.1) is 0 Å². The van der Waals surface area contributed by atoms with Crippen LogP contribution in [0.1, 0.15) is 48.9 Å². The molecular formula is C13H18ClN3O. The van der Waals surface area contributed by atoms with Gasteiger partial charge in [0.15, 0.2) is 6.29 Å². The minimum atomic E-state index is 0.207. The predicted molar refractivity (Wildman–Crippen MR) is 72.1 cm³/mol. The Morgan fingerprint density at radius 1 is 1.39 bits per heavy atom. The van der Waals surface area contributed by atoms with Gasteiger partial charge in [-0.1, -0.05) is 37.3 Å². The SMILES string of the molecule is O=Cc1c(Cl)ncnc1NCCCC1CCCC1. The molecule has 0 amide bonds. The van der Waals surface area contributed by atoms with Crippen molar-refractivity contribution in [2.45, 2.75) is 38.5 Å². The van der Waals surface area contributed by atoms with Gasteiger partial charge in [0, 0.05) is 6.54 Å². The molecule has 18 heavy (non-hydrogen) atoms. The molecule has 1 aromatic heterocycles. The Hall–Kier alpha value is -1.16. The maximum absolute atomic E-state index is 10.9. The van der Waals surface area contributed by atoms with Gasteiger partial charge in [0.2, 0.25) is 0 Å². The second-order valence-electron chi connectivity index (χ2n) is 4.76. The average Bonchev–Trinajstić information content (AvgIpc) is 2.88. The van der Waals surface area contributed by atoms with Crippen molar-refractivity contribution >= 4 is 23.7 Å². The summed E-state index contributed by atoms with van der Waals surface area (Å²) in [4.78, 5) is 18.7. The normalized spacial score (nSPS) is 15.8. The number of carbonyl (C=O) groups excluding carboxylic acids is 1. The van der Waals surface area contributed by atoms with Crippen LogP contribution in [0.5, 0.6) is 0 Å². The van der Waals surface area contributed by atoms with Crippen molar-refractivity contribution in [3.8, 4) is 0 Å². The van der Waals surface area contributed by atoms with E-state index >= 15 is 0 Å². The molecule has 0 saturated heterocycles. The number of rotatable bonds is 6. The predicted octanol–water partition coefficient (Wildman–Crippen LogP) is 3.32. The van der Waals surface area contributed by atoms with Crippen LogP contribution < -0.4 is 5.32 Å². The van der Waals surface area contributed by atoms with Crippen molar-refractivity contribution in [3.05, 3.63) is 17.0 Å². The standard InChI is InChI=1S/C13H18ClN3O/c14-12-11(8-18)13(17-9-16-12)15-7-3-6-10-4-1-2-5-10/h8-10H,1-7H2,(H,15,16,17). The number of hydrogen-bond donors (Lipinski definition) is 1. The van der Waals surface area contributed by atoms with Crippen LogP contribution in [-0.2, 0) is 0 Å². The number of halogens is 1. The van der Waals surface area contributed by atoms with E-state index in [1.807, 2.05) is 0 Å². The van der Waals surface area contributed by atoms with E-state index in [1.54, 1.807) is 0 Å². The second-order valence-corrected chi connectivity index (χ2v) is 5.12. The molecule has 0 atom stereocenters. The van der Waals surface area contributed by atoms with Gasteiger partial charge in [0.05, 0.1) is 5.56 Å². The minimum absolute atomic E-state index is 0.207. The molecule has 2 rings (SSSR count). The van der Waals surface area contributed by atoms with Crippen molar-refractivity contribution in [1.82, 2.24) is 9.97 Å². The van der Waals surface area contributed by atoms with Crippen LogP contribution in [0.25, 0.3) is 0 Å². The number of carbonyl (C=O) groups is 1. The lowest BCUT2D eigenvalue weighted by Crippen LogP contribution is -2.08. The van der Waals surface area contributed by atoms with Crippen LogP contribution in [0.4, 0.5) is 5.82 Å². The smallest absolute Gasteiger partial charge is 0.156 e. The van der Waals surface area contributed by atoms with E-state index in [4.69, 9.17) is 11.6 Å². The molecule has 1 aromatic rings. The first-order valence-electron chi connectivity index (χ1n) is 6.51. The average molecular weight is 268 g/mol. The van der Waals surface area contributed by atoms with Gasteiger partial charge in [0.1, 0.15) is 17.3 Å². The summed E-state index contributed by atoms with van der Waals surface area (Å²) in [6.45, 7) is 0.824. The molecule has 5 heteroatoms. The molecule has 1 aliphatic carbocycles. The largest absolute Gasteiger partial charge is 0.369 e. The molecule has 0 aliphatic heterocycles. The molecule has 0 radical (unpaired) electrons. The molecule has 1 aliphatic rings. The summed E-state index contributed by atoms with van der Waals surface area (Å²) >= 11 is 5.82. The van der Waals surface area contributed by atoms with Gasteiger partial charge in [0.25, 0.3) is 0 Å². The van der Waals surface area contributed by atoms with Crippen molar-refractivity contribution in [2.24, 2.45) is 5.92 Å².